The fourth-order valence-corrected chi connectivity index (χ4v) is 5.36. The van der Waals surface area contributed by atoms with Gasteiger partial charge in [-0.3, -0.25) is 24.5 Å². The number of pyridine rings is 2. The number of rotatable bonds is 10. The lowest BCUT2D eigenvalue weighted by molar-refractivity contribution is 0.0910. The number of primary amides is 1. The smallest absolute Gasteiger partial charge is 0.250 e. The van der Waals surface area contributed by atoms with E-state index in [1.165, 1.54) is 0 Å². The van der Waals surface area contributed by atoms with Gasteiger partial charge in [-0.15, -0.1) is 0 Å². The SMILES string of the molecule is Cc1c2c(nn1-c1ccc(NCCN(Cc3ccccn3)Cc3ccccn3)c(C(N)=O)c1)CC(C)(C)CC2=O. The zero-order valence-electron chi connectivity index (χ0n) is 23.2. The highest BCUT2D eigenvalue weighted by atomic mass is 16.1. The molecule has 0 aliphatic heterocycles. The Morgan fingerprint density at radius 1 is 1.02 bits per heavy atom. The number of ketones is 1. The van der Waals surface area contributed by atoms with Crippen molar-refractivity contribution in [2.75, 3.05) is 18.4 Å². The van der Waals surface area contributed by atoms with Crippen LogP contribution >= 0.6 is 0 Å². The molecule has 0 atom stereocenters. The number of hydrogen-bond donors (Lipinski definition) is 2. The molecular formula is C31H35N7O2. The van der Waals surface area contributed by atoms with Crippen LogP contribution in [0.2, 0.25) is 0 Å². The Labute approximate surface area is 234 Å². The number of nitrogens with one attached hydrogen (secondary N) is 1. The molecule has 0 fully saturated rings. The number of fused-ring (bicyclic) bond motifs is 1. The number of amides is 1. The number of Topliss-reactive ketones (excluding diaryl/α,β-unsaturated/α-hetero) is 1. The summed E-state index contributed by atoms with van der Waals surface area (Å²) in [6.07, 6.45) is 4.82. The second kappa shape index (κ2) is 11.4. The molecule has 9 heteroatoms. The third-order valence-corrected chi connectivity index (χ3v) is 7.23. The fraction of sp³-hybridized carbons (Fsp3) is 0.323. The summed E-state index contributed by atoms with van der Waals surface area (Å²) >= 11 is 0. The van der Waals surface area contributed by atoms with Crippen LogP contribution in [0.25, 0.3) is 5.69 Å². The second-order valence-corrected chi connectivity index (χ2v) is 11.1. The van der Waals surface area contributed by atoms with E-state index >= 15 is 0 Å². The Hall–Kier alpha value is -4.37. The van der Waals surface area contributed by atoms with E-state index in [-0.39, 0.29) is 11.2 Å². The summed E-state index contributed by atoms with van der Waals surface area (Å²) in [5, 5.41) is 8.16. The van der Waals surface area contributed by atoms with Crippen molar-refractivity contribution in [3.8, 4) is 5.69 Å². The van der Waals surface area contributed by atoms with Crippen molar-refractivity contribution < 1.29 is 9.59 Å². The van der Waals surface area contributed by atoms with E-state index in [9.17, 15) is 9.59 Å². The summed E-state index contributed by atoms with van der Waals surface area (Å²) in [5.41, 5.74) is 11.6. The van der Waals surface area contributed by atoms with Crippen molar-refractivity contribution in [3.05, 3.63) is 101 Å². The van der Waals surface area contributed by atoms with Crippen LogP contribution in [-0.2, 0) is 19.5 Å². The molecule has 5 rings (SSSR count). The van der Waals surface area contributed by atoms with Gasteiger partial charge < -0.3 is 11.1 Å². The van der Waals surface area contributed by atoms with Gasteiger partial charge in [-0.25, -0.2) is 4.68 Å². The molecule has 3 N–H and O–H groups in total. The molecule has 0 spiro atoms. The third kappa shape index (κ3) is 6.10. The average molecular weight is 538 g/mol. The molecule has 1 aliphatic carbocycles. The van der Waals surface area contributed by atoms with Gasteiger partial charge in [0.15, 0.2) is 5.78 Å². The van der Waals surface area contributed by atoms with Gasteiger partial charge in [0.2, 0.25) is 0 Å². The van der Waals surface area contributed by atoms with Crippen molar-refractivity contribution in [2.45, 2.75) is 46.7 Å². The summed E-state index contributed by atoms with van der Waals surface area (Å²) < 4.78 is 1.75. The molecule has 40 heavy (non-hydrogen) atoms. The number of carbonyl (C=O) groups is 2. The first-order valence-electron chi connectivity index (χ1n) is 13.5. The van der Waals surface area contributed by atoms with Crippen molar-refractivity contribution in [1.29, 1.82) is 0 Å². The van der Waals surface area contributed by atoms with Crippen LogP contribution in [0.1, 0.15) is 63.8 Å². The maximum absolute atomic E-state index is 12.9. The molecule has 0 saturated heterocycles. The molecule has 1 aromatic carbocycles. The van der Waals surface area contributed by atoms with E-state index in [0.29, 0.717) is 55.1 Å². The Kier molecular flexibility index (Phi) is 7.75. The minimum atomic E-state index is -0.532. The molecule has 0 unspecified atom stereocenters. The summed E-state index contributed by atoms with van der Waals surface area (Å²) in [6, 6.07) is 17.3. The van der Waals surface area contributed by atoms with Gasteiger partial charge in [-0.2, -0.15) is 5.10 Å². The maximum Gasteiger partial charge on any atom is 0.250 e. The third-order valence-electron chi connectivity index (χ3n) is 7.23. The molecule has 1 aliphatic rings. The second-order valence-electron chi connectivity index (χ2n) is 11.1. The highest BCUT2D eigenvalue weighted by molar-refractivity contribution is 6.00. The van der Waals surface area contributed by atoms with Crippen LogP contribution in [-0.4, -0.2) is 49.4 Å². The number of aromatic nitrogens is 4. The maximum atomic E-state index is 12.9. The van der Waals surface area contributed by atoms with Crippen LogP contribution in [0, 0.1) is 12.3 Å². The number of benzene rings is 1. The molecule has 0 bridgehead atoms. The van der Waals surface area contributed by atoms with Gasteiger partial charge >= 0.3 is 0 Å². The largest absolute Gasteiger partial charge is 0.383 e. The highest BCUT2D eigenvalue weighted by Gasteiger charge is 2.35. The normalized spacial score (nSPS) is 14.2. The van der Waals surface area contributed by atoms with E-state index in [4.69, 9.17) is 10.8 Å². The fourth-order valence-electron chi connectivity index (χ4n) is 5.36. The van der Waals surface area contributed by atoms with Gasteiger partial charge in [0.25, 0.3) is 5.91 Å². The quantitative estimate of drug-likeness (QED) is 0.309. The predicted octanol–water partition coefficient (Wildman–Crippen LogP) is 4.34. The summed E-state index contributed by atoms with van der Waals surface area (Å²) in [4.78, 5) is 36.5. The topological polar surface area (TPSA) is 119 Å². The van der Waals surface area contributed by atoms with E-state index < -0.39 is 5.91 Å². The molecule has 0 radical (unpaired) electrons. The van der Waals surface area contributed by atoms with Gasteiger partial charge in [-0.05, 0) is 61.2 Å². The lowest BCUT2D eigenvalue weighted by Crippen LogP contribution is -2.29. The first kappa shape index (κ1) is 27.2. The van der Waals surface area contributed by atoms with Crippen molar-refractivity contribution in [3.63, 3.8) is 0 Å². The Morgan fingerprint density at radius 2 is 1.70 bits per heavy atom. The zero-order chi connectivity index (χ0) is 28.3. The first-order valence-corrected chi connectivity index (χ1v) is 13.5. The van der Waals surface area contributed by atoms with E-state index in [0.717, 1.165) is 29.2 Å². The van der Waals surface area contributed by atoms with Gasteiger partial charge in [0, 0.05) is 50.7 Å². The van der Waals surface area contributed by atoms with Gasteiger partial charge in [0.05, 0.1) is 39.6 Å². The molecule has 1 amide bonds. The first-order chi connectivity index (χ1) is 19.2. The van der Waals surface area contributed by atoms with Crippen LogP contribution in [0.5, 0.6) is 0 Å². The molecule has 9 nitrogen and oxygen atoms in total. The summed E-state index contributed by atoms with van der Waals surface area (Å²) in [7, 11) is 0. The highest BCUT2D eigenvalue weighted by Crippen LogP contribution is 2.36. The van der Waals surface area contributed by atoms with Gasteiger partial charge in [-0.1, -0.05) is 26.0 Å². The Balaban J connectivity index is 1.33. The number of nitrogens with two attached hydrogens (primary N) is 1. The Bertz CT molecular complexity index is 1470. The lowest BCUT2D eigenvalue weighted by atomic mass is 9.76. The van der Waals surface area contributed by atoms with E-state index in [1.54, 1.807) is 23.1 Å². The van der Waals surface area contributed by atoms with Crippen molar-refractivity contribution >= 4 is 17.4 Å². The van der Waals surface area contributed by atoms with E-state index in [1.807, 2.05) is 55.5 Å². The van der Waals surface area contributed by atoms with Crippen molar-refractivity contribution in [1.82, 2.24) is 24.6 Å². The lowest BCUT2D eigenvalue weighted by Gasteiger charge is -2.27. The van der Waals surface area contributed by atoms with Crippen LogP contribution in [0.4, 0.5) is 5.69 Å². The number of hydrogen-bond acceptors (Lipinski definition) is 7. The van der Waals surface area contributed by atoms with E-state index in [2.05, 4.69) is 34.0 Å². The molecule has 3 aromatic heterocycles. The summed E-state index contributed by atoms with van der Waals surface area (Å²) in [6.45, 7) is 8.67. The zero-order valence-corrected chi connectivity index (χ0v) is 23.2. The number of anilines is 1. The minimum Gasteiger partial charge on any atom is -0.383 e. The Morgan fingerprint density at radius 3 is 2.30 bits per heavy atom. The van der Waals surface area contributed by atoms with Crippen LogP contribution in [0.15, 0.2) is 67.0 Å². The molecule has 0 saturated carbocycles. The average Bonchev–Trinajstić information content (AvgIpc) is 3.24. The molecule has 4 aromatic rings. The molecule has 3 heterocycles. The molecule has 206 valence electrons. The monoisotopic (exact) mass is 537 g/mol. The number of carbonyl (C=O) groups excluding carboxylic acids is 2. The number of nitrogens with zero attached hydrogens (tertiary/aromatic N) is 5. The van der Waals surface area contributed by atoms with Crippen LogP contribution < -0.4 is 11.1 Å². The predicted molar refractivity (Wildman–Crippen MR) is 154 cm³/mol. The minimum absolute atomic E-state index is 0.115. The standard InChI is InChI=1S/C31H35N7O2/c1-21-29-27(17-31(2,3)18-28(29)39)36-38(21)24-10-11-26(25(16-24)30(32)40)35-14-15-37(19-22-8-4-6-12-33-22)20-23-9-5-7-13-34-23/h4-13,16,35H,14-15,17-20H2,1-3H3,(H2,32,40). The van der Waals surface area contributed by atoms with Crippen molar-refractivity contribution in [2.24, 2.45) is 11.1 Å². The van der Waals surface area contributed by atoms with Gasteiger partial charge in [0.1, 0.15) is 0 Å². The van der Waals surface area contributed by atoms with Crippen LogP contribution in [0.3, 0.4) is 0 Å². The molecular weight excluding hydrogens is 502 g/mol. The summed E-state index contributed by atoms with van der Waals surface area (Å²) in [5.74, 6) is -0.417.